The van der Waals surface area contributed by atoms with Crippen LogP contribution >= 0.6 is 0 Å². The average molecular weight is 351 g/mol. The molecule has 2 unspecified atom stereocenters. The molecule has 3 rings (SSSR count). The summed E-state index contributed by atoms with van der Waals surface area (Å²) < 4.78 is 0. The van der Waals surface area contributed by atoms with Crippen LogP contribution in [-0.2, 0) is 11.2 Å². The first-order valence-corrected chi connectivity index (χ1v) is 9.02. The zero-order chi connectivity index (χ0) is 18.4. The first kappa shape index (κ1) is 18.1. The van der Waals surface area contributed by atoms with Crippen LogP contribution in [0.3, 0.4) is 0 Å². The quantitative estimate of drug-likeness (QED) is 0.835. The van der Waals surface area contributed by atoms with Gasteiger partial charge in [0.2, 0.25) is 5.91 Å². The SMILES string of the molecule is CN(C(=O)C(Cc1ccccc1)NC(=O)c1ccccc1)C1CCNC1. The van der Waals surface area contributed by atoms with Crippen molar-refractivity contribution in [3.63, 3.8) is 0 Å². The van der Waals surface area contributed by atoms with Gasteiger partial charge in [-0.1, -0.05) is 48.5 Å². The molecule has 2 aromatic rings. The minimum Gasteiger partial charge on any atom is -0.340 e. The summed E-state index contributed by atoms with van der Waals surface area (Å²) in [6.07, 6.45) is 1.41. The lowest BCUT2D eigenvalue weighted by atomic mass is 10.0. The van der Waals surface area contributed by atoms with Crippen molar-refractivity contribution in [2.45, 2.75) is 24.9 Å². The fraction of sp³-hybridized carbons (Fsp3) is 0.333. The van der Waals surface area contributed by atoms with Crippen LogP contribution in [0.25, 0.3) is 0 Å². The van der Waals surface area contributed by atoms with E-state index in [0.29, 0.717) is 12.0 Å². The molecule has 0 spiro atoms. The van der Waals surface area contributed by atoms with E-state index in [-0.39, 0.29) is 17.9 Å². The molecule has 0 saturated carbocycles. The molecule has 1 aliphatic heterocycles. The number of benzene rings is 2. The molecule has 1 heterocycles. The number of likely N-dealkylation sites (N-methyl/N-ethyl adjacent to an activating group) is 1. The molecular formula is C21H25N3O2. The molecule has 1 aliphatic rings. The van der Waals surface area contributed by atoms with Crippen LogP contribution in [0, 0.1) is 0 Å². The Morgan fingerprint density at radius 1 is 1.12 bits per heavy atom. The van der Waals surface area contributed by atoms with Crippen molar-refractivity contribution in [3.05, 3.63) is 71.8 Å². The number of hydrogen-bond donors (Lipinski definition) is 2. The molecule has 1 saturated heterocycles. The van der Waals surface area contributed by atoms with Crippen molar-refractivity contribution in [2.24, 2.45) is 0 Å². The van der Waals surface area contributed by atoms with Gasteiger partial charge in [-0.05, 0) is 30.7 Å². The Morgan fingerprint density at radius 2 is 1.77 bits per heavy atom. The molecule has 5 nitrogen and oxygen atoms in total. The summed E-state index contributed by atoms with van der Waals surface area (Å²) in [6.45, 7) is 1.72. The highest BCUT2D eigenvalue weighted by molar-refractivity contribution is 5.97. The molecule has 2 amide bonds. The van der Waals surface area contributed by atoms with E-state index in [2.05, 4.69) is 10.6 Å². The molecule has 136 valence electrons. The first-order chi connectivity index (χ1) is 12.6. The highest BCUT2D eigenvalue weighted by atomic mass is 16.2. The van der Waals surface area contributed by atoms with Crippen molar-refractivity contribution < 1.29 is 9.59 Å². The minimum atomic E-state index is -0.587. The largest absolute Gasteiger partial charge is 0.340 e. The standard InChI is InChI=1S/C21H25N3O2/c1-24(18-12-13-22-15-18)21(26)19(14-16-8-4-2-5-9-16)23-20(25)17-10-6-3-7-11-17/h2-11,18-19,22H,12-15H2,1H3,(H,23,25). The topological polar surface area (TPSA) is 61.4 Å². The second-order valence-corrected chi connectivity index (χ2v) is 6.68. The predicted molar refractivity (Wildman–Crippen MR) is 102 cm³/mol. The molecule has 0 aromatic heterocycles. The van der Waals surface area contributed by atoms with E-state index in [1.165, 1.54) is 0 Å². The molecule has 0 aliphatic carbocycles. The fourth-order valence-electron chi connectivity index (χ4n) is 3.28. The van der Waals surface area contributed by atoms with Crippen LogP contribution in [0.5, 0.6) is 0 Å². The van der Waals surface area contributed by atoms with Gasteiger partial charge in [0.15, 0.2) is 0 Å². The minimum absolute atomic E-state index is 0.0492. The Morgan fingerprint density at radius 3 is 2.38 bits per heavy atom. The Balaban J connectivity index is 1.76. The number of amides is 2. The second-order valence-electron chi connectivity index (χ2n) is 6.68. The number of carbonyl (C=O) groups excluding carboxylic acids is 2. The number of nitrogens with one attached hydrogen (secondary N) is 2. The third-order valence-electron chi connectivity index (χ3n) is 4.85. The van der Waals surface area contributed by atoms with Crippen LogP contribution in [-0.4, -0.2) is 48.9 Å². The molecule has 1 fully saturated rings. The lowest BCUT2D eigenvalue weighted by Gasteiger charge is -2.29. The van der Waals surface area contributed by atoms with Gasteiger partial charge < -0.3 is 15.5 Å². The molecular weight excluding hydrogens is 326 g/mol. The van der Waals surface area contributed by atoms with Gasteiger partial charge in [-0.15, -0.1) is 0 Å². The van der Waals surface area contributed by atoms with Gasteiger partial charge in [0.1, 0.15) is 6.04 Å². The Kier molecular flexibility index (Phi) is 6.02. The maximum atomic E-state index is 13.1. The van der Waals surface area contributed by atoms with Crippen LogP contribution in [0.15, 0.2) is 60.7 Å². The summed E-state index contributed by atoms with van der Waals surface area (Å²) in [5, 5.41) is 6.22. The second kappa shape index (κ2) is 8.63. The van der Waals surface area contributed by atoms with Gasteiger partial charge in [0.25, 0.3) is 5.91 Å². The summed E-state index contributed by atoms with van der Waals surface area (Å²) >= 11 is 0. The third-order valence-corrected chi connectivity index (χ3v) is 4.85. The van der Waals surface area contributed by atoms with Gasteiger partial charge >= 0.3 is 0 Å². The van der Waals surface area contributed by atoms with E-state index in [9.17, 15) is 9.59 Å². The normalized spacial score (nSPS) is 17.5. The summed E-state index contributed by atoms with van der Waals surface area (Å²) in [7, 11) is 1.83. The Bertz CT molecular complexity index is 727. The number of carbonyl (C=O) groups is 2. The average Bonchev–Trinajstić information content (AvgIpc) is 3.22. The fourth-order valence-corrected chi connectivity index (χ4v) is 3.28. The lowest BCUT2D eigenvalue weighted by Crippen LogP contribution is -2.51. The summed E-state index contributed by atoms with van der Waals surface area (Å²) in [5.74, 6) is -0.273. The summed E-state index contributed by atoms with van der Waals surface area (Å²) in [4.78, 5) is 27.5. The summed E-state index contributed by atoms with van der Waals surface area (Å²) in [6, 6.07) is 18.4. The van der Waals surface area contributed by atoms with Crippen LogP contribution in [0.4, 0.5) is 0 Å². The van der Waals surface area contributed by atoms with E-state index < -0.39 is 6.04 Å². The first-order valence-electron chi connectivity index (χ1n) is 9.02. The van der Waals surface area contributed by atoms with Crippen LogP contribution < -0.4 is 10.6 Å². The molecule has 26 heavy (non-hydrogen) atoms. The molecule has 2 atom stereocenters. The molecule has 2 aromatic carbocycles. The smallest absolute Gasteiger partial charge is 0.251 e. The molecule has 5 heteroatoms. The maximum Gasteiger partial charge on any atom is 0.251 e. The zero-order valence-corrected chi connectivity index (χ0v) is 15.0. The number of hydrogen-bond acceptors (Lipinski definition) is 3. The Labute approximate surface area is 154 Å². The van der Waals surface area contributed by atoms with Crippen molar-refractivity contribution in [1.29, 1.82) is 0 Å². The summed E-state index contributed by atoms with van der Waals surface area (Å²) in [5.41, 5.74) is 1.58. The highest BCUT2D eigenvalue weighted by Gasteiger charge is 2.30. The third kappa shape index (κ3) is 4.49. The highest BCUT2D eigenvalue weighted by Crippen LogP contribution is 2.12. The van der Waals surface area contributed by atoms with E-state index in [1.54, 1.807) is 17.0 Å². The molecule has 0 bridgehead atoms. The number of rotatable bonds is 6. The van der Waals surface area contributed by atoms with Crippen molar-refractivity contribution >= 4 is 11.8 Å². The van der Waals surface area contributed by atoms with E-state index >= 15 is 0 Å². The molecule has 0 radical (unpaired) electrons. The van der Waals surface area contributed by atoms with Crippen LogP contribution in [0.2, 0.25) is 0 Å². The molecule has 2 N–H and O–H groups in total. The van der Waals surface area contributed by atoms with Gasteiger partial charge in [0.05, 0.1) is 0 Å². The van der Waals surface area contributed by atoms with Gasteiger partial charge in [-0.2, -0.15) is 0 Å². The monoisotopic (exact) mass is 351 g/mol. The van der Waals surface area contributed by atoms with Crippen molar-refractivity contribution in [2.75, 3.05) is 20.1 Å². The van der Waals surface area contributed by atoms with Crippen LogP contribution in [0.1, 0.15) is 22.3 Å². The van der Waals surface area contributed by atoms with Crippen molar-refractivity contribution in [1.82, 2.24) is 15.5 Å². The Hall–Kier alpha value is -2.66. The number of nitrogens with zero attached hydrogens (tertiary/aromatic N) is 1. The van der Waals surface area contributed by atoms with E-state index in [4.69, 9.17) is 0 Å². The van der Waals surface area contributed by atoms with Crippen molar-refractivity contribution in [3.8, 4) is 0 Å². The van der Waals surface area contributed by atoms with E-state index in [0.717, 1.165) is 25.1 Å². The van der Waals surface area contributed by atoms with E-state index in [1.807, 2.05) is 55.6 Å². The van der Waals surface area contributed by atoms with Gasteiger partial charge in [-0.3, -0.25) is 9.59 Å². The zero-order valence-electron chi connectivity index (χ0n) is 15.0. The van der Waals surface area contributed by atoms with Gasteiger partial charge in [0, 0.05) is 31.6 Å². The van der Waals surface area contributed by atoms with Gasteiger partial charge in [-0.25, -0.2) is 0 Å². The predicted octanol–water partition coefficient (Wildman–Crippen LogP) is 1.85. The maximum absolute atomic E-state index is 13.1. The lowest BCUT2D eigenvalue weighted by molar-refractivity contribution is -0.133.